The molecule has 16 heavy (non-hydrogen) atoms. The Hall–Kier alpha value is -1.55. The zero-order chi connectivity index (χ0) is 11.8. The van der Waals surface area contributed by atoms with E-state index in [1.807, 2.05) is 44.3 Å². The lowest BCUT2D eigenvalue weighted by Gasteiger charge is -2.21. The molecule has 0 fully saturated rings. The molecule has 0 atom stereocenters. The fourth-order valence-corrected chi connectivity index (χ4v) is 1.37. The molecule has 1 aromatic carbocycles. The number of benzene rings is 1. The molecule has 1 aromatic rings. The van der Waals surface area contributed by atoms with Crippen molar-refractivity contribution in [3.8, 4) is 0 Å². The van der Waals surface area contributed by atoms with Crippen molar-refractivity contribution in [3.05, 3.63) is 30.3 Å². The number of urea groups is 1. The topological polar surface area (TPSA) is 44.4 Å². The van der Waals surface area contributed by atoms with Crippen LogP contribution in [-0.2, 0) is 0 Å². The first kappa shape index (κ1) is 12.5. The third kappa shape index (κ3) is 3.90. The molecule has 0 heterocycles. The molecule has 0 bridgehead atoms. The monoisotopic (exact) mass is 221 g/mol. The lowest BCUT2D eigenvalue weighted by atomic mass is 10.3. The fraction of sp³-hybridized carbons (Fsp3) is 0.417. The molecule has 1 rings (SSSR count). The summed E-state index contributed by atoms with van der Waals surface area (Å²) in [6.45, 7) is 4.20. The number of amides is 2. The summed E-state index contributed by atoms with van der Waals surface area (Å²) in [5.41, 5.74) is 0.829. The van der Waals surface area contributed by atoms with Gasteiger partial charge in [0.15, 0.2) is 0 Å². The zero-order valence-corrected chi connectivity index (χ0v) is 9.86. The van der Waals surface area contributed by atoms with Crippen LogP contribution in [0.15, 0.2) is 30.3 Å². The quantitative estimate of drug-likeness (QED) is 0.795. The van der Waals surface area contributed by atoms with Gasteiger partial charge in [-0.25, -0.2) is 4.79 Å². The van der Waals surface area contributed by atoms with Gasteiger partial charge in [-0.1, -0.05) is 18.2 Å². The van der Waals surface area contributed by atoms with Crippen LogP contribution in [0.4, 0.5) is 10.5 Å². The minimum atomic E-state index is -0.0519. The molecule has 0 saturated heterocycles. The predicted molar refractivity (Wildman–Crippen MR) is 66.6 cm³/mol. The van der Waals surface area contributed by atoms with Gasteiger partial charge in [0.1, 0.15) is 0 Å². The summed E-state index contributed by atoms with van der Waals surface area (Å²) in [7, 11) is 1.88. The number of nitrogens with one attached hydrogen (secondary N) is 2. The van der Waals surface area contributed by atoms with Crippen molar-refractivity contribution in [2.75, 3.05) is 32.0 Å². The Bertz CT molecular complexity index is 313. The van der Waals surface area contributed by atoms with Gasteiger partial charge in [-0.15, -0.1) is 0 Å². The smallest absolute Gasteiger partial charge is 0.321 e. The van der Waals surface area contributed by atoms with E-state index in [1.54, 1.807) is 4.90 Å². The summed E-state index contributed by atoms with van der Waals surface area (Å²) in [5, 5.41) is 5.89. The first-order chi connectivity index (χ1) is 7.77. The lowest BCUT2D eigenvalue weighted by molar-refractivity contribution is 0.215. The van der Waals surface area contributed by atoms with Crippen molar-refractivity contribution in [2.24, 2.45) is 0 Å². The van der Waals surface area contributed by atoms with Crippen LogP contribution in [0.25, 0.3) is 0 Å². The molecular formula is C12H19N3O. The maximum Gasteiger partial charge on any atom is 0.321 e. The van der Waals surface area contributed by atoms with Gasteiger partial charge < -0.3 is 15.5 Å². The van der Waals surface area contributed by atoms with Gasteiger partial charge in [0, 0.05) is 25.3 Å². The van der Waals surface area contributed by atoms with Crippen LogP contribution in [0, 0.1) is 0 Å². The fourth-order valence-electron chi connectivity index (χ4n) is 1.37. The van der Waals surface area contributed by atoms with Crippen molar-refractivity contribution in [3.63, 3.8) is 0 Å². The molecule has 2 N–H and O–H groups in total. The standard InChI is InChI=1S/C12H19N3O/c1-3-15(10-9-13-2)12(16)14-11-7-5-4-6-8-11/h4-8,13H,3,9-10H2,1-2H3,(H,14,16). The SMILES string of the molecule is CCN(CCNC)C(=O)Nc1ccccc1. The molecule has 0 saturated carbocycles. The molecule has 0 aliphatic rings. The Labute approximate surface area is 96.6 Å². The van der Waals surface area contributed by atoms with Crippen LogP contribution in [0.1, 0.15) is 6.92 Å². The van der Waals surface area contributed by atoms with Crippen molar-refractivity contribution in [1.29, 1.82) is 0 Å². The number of carbonyl (C=O) groups is 1. The molecule has 0 aliphatic heterocycles. The maximum atomic E-state index is 11.8. The second-order valence-corrected chi connectivity index (χ2v) is 3.48. The summed E-state index contributed by atoms with van der Waals surface area (Å²) in [5.74, 6) is 0. The number of anilines is 1. The van der Waals surface area contributed by atoms with E-state index < -0.39 is 0 Å². The maximum absolute atomic E-state index is 11.8. The van der Waals surface area contributed by atoms with Crippen molar-refractivity contribution < 1.29 is 4.79 Å². The molecule has 2 amide bonds. The van der Waals surface area contributed by atoms with Crippen LogP contribution in [0.3, 0.4) is 0 Å². The average molecular weight is 221 g/mol. The van der Waals surface area contributed by atoms with Crippen LogP contribution < -0.4 is 10.6 Å². The third-order valence-electron chi connectivity index (χ3n) is 2.33. The Kier molecular flexibility index (Phi) is 5.36. The van der Waals surface area contributed by atoms with Gasteiger partial charge in [-0.3, -0.25) is 0 Å². The Morgan fingerprint density at radius 1 is 1.31 bits per heavy atom. The second kappa shape index (κ2) is 6.85. The lowest BCUT2D eigenvalue weighted by Crippen LogP contribution is -2.38. The van der Waals surface area contributed by atoms with Gasteiger partial charge in [0.05, 0.1) is 0 Å². The van der Waals surface area contributed by atoms with Crippen molar-refractivity contribution >= 4 is 11.7 Å². The van der Waals surface area contributed by atoms with Gasteiger partial charge in [0.25, 0.3) is 0 Å². The van der Waals surface area contributed by atoms with Crippen molar-refractivity contribution in [1.82, 2.24) is 10.2 Å². The highest BCUT2D eigenvalue weighted by Gasteiger charge is 2.10. The highest BCUT2D eigenvalue weighted by Crippen LogP contribution is 2.06. The van der Waals surface area contributed by atoms with E-state index in [9.17, 15) is 4.79 Å². The Morgan fingerprint density at radius 3 is 2.56 bits per heavy atom. The Balaban J connectivity index is 2.49. The Morgan fingerprint density at radius 2 is 2.00 bits per heavy atom. The van der Waals surface area contributed by atoms with Gasteiger partial charge >= 0.3 is 6.03 Å². The van der Waals surface area contributed by atoms with Crippen molar-refractivity contribution in [2.45, 2.75) is 6.92 Å². The number of carbonyl (C=O) groups excluding carboxylic acids is 1. The van der Waals surface area contributed by atoms with Crippen LogP contribution >= 0.6 is 0 Å². The number of nitrogens with zero attached hydrogens (tertiary/aromatic N) is 1. The van der Waals surface area contributed by atoms with E-state index in [4.69, 9.17) is 0 Å². The molecule has 0 aliphatic carbocycles. The third-order valence-corrected chi connectivity index (χ3v) is 2.33. The molecule has 88 valence electrons. The number of hydrogen-bond donors (Lipinski definition) is 2. The van der Waals surface area contributed by atoms with E-state index >= 15 is 0 Å². The number of para-hydroxylation sites is 1. The highest BCUT2D eigenvalue weighted by molar-refractivity contribution is 5.89. The molecule has 4 nitrogen and oxygen atoms in total. The second-order valence-electron chi connectivity index (χ2n) is 3.48. The largest absolute Gasteiger partial charge is 0.324 e. The van der Waals surface area contributed by atoms with Gasteiger partial charge in [-0.05, 0) is 26.1 Å². The number of hydrogen-bond acceptors (Lipinski definition) is 2. The summed E-state index contributed by atoms with van der Waals surface area (Å²) < 4.78 is 0. The highest BCUT2D eigenvalue weighted by atomic mass is 16.2. The van der Waals surface area contributed by atoms with Gasteiger partial charge in [0.2, 0.25) is 0 Å². The zero-order valence-electron chi connectivity index (χ0n) is 9.86. The van der Waals surface area contributed by atoms with E-state index in [2.05, 4.69) is 10.6 Å². The normalized spacial score (nSPS) is 9.88. The molecule has 0 aromatic heterocycles. The average Bonchev–Trinajstić information content (AvgIpc) is 2.31. The number of likely N-dealkylation sites (N-methyl/N-ethyl adjacent to an activating group) is 2. The minimum Gasteiger partial charge on any atom is -0.324 e. The first-order valence-electron chi connectivity index (χ1n) is 5.53. The summed E-state index contributed by atoms with van der Waals surface area (Å²) in [6.07, 6.45) is 0. The molecular weight excluding hydrogens is 202 g/mol. The predicted octanol–water partition coefficient (Wildman–Crippen LogP) is 1.76. The summed E-state index contributed by atoms with van der Waals surface area (Å²) >= 11 is 0. The van der Waals surface area contributed by atoms with Crippen LogP contribution in [0.5, 0.6) is 0 Å². The van der Waals surface area contributed by atoms with Gasteiger partial charge in [-0.2, -0.15) is 0 Å². The molecule has 0 radical (unpaired) electrons. The molecule has 0 unspecified atom stereocenters. The van der Waals surface area contributed by atoms with Crippen LogP contribution in [-0.4, -0.2) is 37.6 Å². The first-order valence-corrected chi connectivity index (χ1v) is 5.53. The van der Waals surface area contributed by atoms with E-state index in [0.29, 0.717) is 13.1 Å². The summed E-state index contributed by atoms with van der Waals surface area (Å²) in [6, 6.07) is 9.44. The van der Waals surface area contributed by atoms with E-state index in [0.717, 1.165) is 12.2 Å². The molecule has 4 heteroatoms. The van der Waals surface area contributed by atoms with E-state index in [1.165, 1.54) is 0 Å². The van der Waals surface area contributed by atoms with E-state index in [-0.39, 0.29) is 6.03 Å². The summed E-state index contributed by atoms with van der Waals surface area (Å²) in [4.78, 5) is 13.6. The number of rotatable bonds is 5. The minimum absolute atomic E-state index is 0.0519. The van der Waals surface area contributed by atoms with Crippen LogP contribution in [0.2, 0.25) is 0 Å². The molecule has 0 spiro atoms.